The Hall–Kier alpha value is -4.48. The first-order chi connectivity index (χ1) is 23.1. The van der Waals surface area contributed by atoms with Gasteiger partial charge in [0, 0.05) is 12.0 Å². The normalized spacial score (nSPS) is 13.6. The molecular weight excluding hydrogens is 620 g/mol. The third-order valence-electron chi connectivity index (χ3n) is 9.30. The van der Waals surface area contributed by atoms with Crippen LogP contribution in [0.4, 0.5) is 4.79 Å². The number of nitriles is 1. The molecule has 0 spiro atoms. The maximum absolute atomic E-state index is 13.2. The van der Waals surface area contributed by atoms with Crippen LogP contribution in [0, 0.1) is 17.2 Å². The summed E-state index contributed by atoms with van der Waals surface area (Å²) < 4.78 is 5.58. The molecular formula is C40H45ClN4O3. The number of carbonyl (C=O) groups is 2. The van der Waals surface area contributed by atoms with Crippen LogP contribution in [0.25, 0.3) is 0 Å². The minimum absolute atomic E-state index is 0. The van der Waals surface area contributed by atoms with E-state index in [-0.39, 0.29) is 25.6 Å². The van der Waals surface area contributed by atoms with Crippen molar-refractivity contribution in [2.24, 2.45) is 5.92 Å². The van der Waals surface area contributed by atoms with Crippen molar-refractivity contribution in [3.05, 3.63) is 143 Å². The second-order valence-electron chi connectivity index (χ2n) is 12.4. The van der Waals surface area contributed by atoms with E-state index >= 15 is 0 Å². The average molecular weight is 665 g/mol. The summed E-state index contributed by atoms with van der Waals surface area (Å²) in [5.41, 5.74) is 8.08. The minimum Gasteiger partial charge on any atom is -0.444 e. The molecule has 5 rings (SSSR count). The number of nitrogens with one attached hydrogen (secondary N) is 1. The first-order valence-corrected chi connectivity index (χ1v) is 16.6. The Bertz CT molecular complexity index is 1530. The minimum atomic E-state index is -0.583. The zero-order valence-electron chi connectivity index (χ0n) is 27.4. The first-order valence-electron chi connectivity index (χ1n) is 16.6. The van der Waals surface area contributed by atoms with Gasteiger partial charge in [-0.3, -0.25) is 0 Å². The van der Waals surface area contributed by atoms with Crippen LogP contribution < -0.4 is 5.43 Å². The molecule has 0 saturated carbocycles. The maximum Gasteiger partial charge on any atom is 0.424 e. The van der Waals surface area contributed by atoms with Crippen molar-refractivity contribution in [1.82, 2.24) is 15.3 Å². The largest absolute Gasteiger partial charge is 0.444 e. The van der Waals surface area contributed by atoms with Crippen LogP contribution in [0.5, 0.6) is 0 Å². The van der Waals surface area contributed by atoms with Crippen LogP contribution in [0.15, 0.2) is 115 Å². The summed E-state index contributed by atoms with van der Waals surface area (Å²) in [7, 11) is 0. The number of carbonyl (C=O) groups excluding carboxylic acids is 2. The molecule has 1 heterocycles. The Labute approximate surface area is 290 Å². The molecule has 48 heavy (non-hydrogen) atoms. The molecule has 0 aromatic heterocycles. The quantitative estimate of drug-likeness (QED) is 0.106. The molecule has 0 bridgehead atoms. The monoisotopic (exact) mass is 664 g/mol. The fourth-order valence-electron chi connectivity index (χ4n) is 6.64. The van der Waals surface area contributed by atoms with Gasteiger partial charge in [-0.1, -0.05) is 103 Å². The smallest absolute Gasteiger partial charge is 0.424 e. The maximum atomic E-state index is 13.2. The van der Waals surface area contributed by atoms with Gasteiger partial charge < -0.3 is 14.4 Å². The number of rotatable bonds is 15. The van der Waals surface area contributed by atoms with Gasteiger partial charge in [-0.15, -0.1) is 12.4 Å². The van der Waals surface area contributed by atoms with E-state index in [0.29, 0.717) is 24.3 Å². The Morgan fingerprint density at radius 1 is 0.875 bits per heavy atom. The van der Waals surface area contributed by atoms with Crippen molar-refractivity contribution in [2.45, 2.75) is 44.1 Å². The molecule has 4 aromatic carbocycles. The lowest BCUT2D eigenvalue weighted by molar-refractivity contribution is -0.109. The molecule has 1 fully saturated rings. The van der Waals surface area contributed by atoms with E-state index in [2.05, 4.69) is 77.1 Å². The summed E-state index contributed by atoms with van der Waals surface area (Å²) in [6, 6.07) is 40.6. The highest BCUT2D eigenvalue weighted by atomic mass is 35.5. The van der Waals surface area contributed by atoms with Crippen molar-refractivity contribution in [1.29, 1.82) is 5.26 Å². The van der Waals surface area contributed by atoms with E-state index in [9.17, 15) is 9.59 Å². The molecule has 8 heteroatoms. The average Bonchev–Trinajstić information content (AvgIpc) is 3.13. The van der Waals surface area contributed by atoms with Gasteiger partial charge in [0.05, 0.1) is 18.2 Å². The van der Waals surface area contributed by atoms with E-state index in [4.69, 9.17) is 10.00 Å². The van der Waals surface area contributed by atoms with Crippen LogP contribution in [0.3, 0.4) is 0 Å². The van der Waals surface area contributed by atoms with Gasteiger partial charge in [0.1, 0.15) is 12.9 Å². The molecule has 0 unspecified atom stereocenters. The second kappa shape index (κ2) is 18.8. The Morgan fingerprint density at radius 2 is 1.46 bits per heavy atom. The van der Waals surface area contributed by atoms with Gasteiger partial charge in [0.15, 0.2) is 0 Å². The zero-order chi connectivity index (χ0) is 32.7. The highest BCUT2D eigenvalue weighted by molar-refractivity contribution is 5.85. The second-order valence-corrected chi connectivity index (χ2v) is 12.4. The van der Waals surface area contributed by atoms with Crippen LogP contribution in [0.2, 0.25) is 0 Å². The predicted octanol–water partition coefficient (Wildman–Crippen LogP) is 7.34. The number of likely N-dealkylation sites (tertiary alicyclic amines) is 1. The van der Waals surface area contributed by atoms with E-state index in [1.54, 1.807) is 0 Å². The van der Waals surface area contributed by atoms with Gasteiger partial charge >= 0.3 is 6.09 Å². The van der Waals surface area contributed by atoms with Crippen LogP contribution in [-0.2, 0) is 28.0 Å². The highest BCUT2D eigenvalue weighted by Gasteiger charge is 2.35. The van der Waals surface area contributed by atoms with Gasteiger partial charge in [-0.05, 0) is 92.0 Å². The van der Waals surface area contributed by atoms with E-state index in [1.807, 2.05) is 54.6 Å². The molecule has 0 atom stereocenters. The summed E-state index contributed by atoms with van der Waals surface area (Å²) in [6.45, 7) is 3.56. The van der Waals surface area contributed by atoms with Crippen LogP contribution >= 0.6 is 12.4 Å². The summed E-state index contributed by atoms with van der Waals surface area (Å²) in [6.07, 6.45) is 5.34. The molecule has 0 aliphatic carbocycles. The lowest BCUT2D eigenvalue weighted by atomic mass is 9.71. The van der Waals surface area contributed by atoms with Gasteiger partial charge in [-0.2, -0.15) is 5.26 Å². The summed E-state index contributed by atoms with van der Waals surface area (Å²) >= 11 is 0. The number of hydrogen-bond acceptors (Lipinski definition) is 6. The summed E-state index contributed by atoms with van der Waals surface area (Å²) in [4.78, 5) is 27.4. The van der Waals surface area contributed by atoms with Crippen molar-refractivity contribution in [2.75, 3.05) is 32.7 Å². The molecule has 250 valence electrons. The Kier molecular flexibility index (Phi) is 14.2. The molecule has 1 aliphatic rings. The first kappa shape index (κ1) is 36.4. The number of hydrazine groups is 1. The number of piperidine rings is 1. The number of benzene rings is 4. The third-order valence-corrected chi connectivity index (χ3v) is 9.30. The number of amides is 1. The lowest BCUT2D eigenvalue weighted by Crippen LogP contribution is -2.51. The summed E-state index contributed by atoms with van der Waals surface area (Å²) in [5, 5.41) is 10.4. The Balaban J connectivity index is 0.00000520. The van der Waals surface area contributed by atoms with Gasteiger partial charge in [0.2, 0.25) is 0 Å². The number of halogens is 1. The van der Waals surface area contributed by atoms with Gasteiger partial charge in [-0.25, -0.2) is 15.2 Å². The number of nitrogens with zero attached hydrogens (tertiary/aromatic N) is 3. The third kappa shape index (κ3) is 10.0. The molecule has 0 radical (unpaired) electrons. The van der Waals surface area contributed by atoms with E-state index < -0.39 is 11.5 Å². The van der Waals surface area contributed by atoms with Crippen molar-refractivity contribution < 1.29 is 14.3 Å². The van der Waals surface area contributed by atoms with E-state index in [1.165, 1.54) is 10.6 Å². The van der Waals surface area contributed by atoms with Crippen molar-refractivity contribution in [3.63, 3.8) is 0 Å². The number of hydrogen-bond donors (Lipinski definition) is 1. The molecule has 7 nitrogen and oxygen atoms in total. The number of ether oxygens (including phenoxy) is 1. The zero-order valence-corrected chi connectivity index (χ0v) is 28.2. The highest BCUT2D eigenvalue weighted by Crippen LogP contribution is 2.37. The molecule has 1 N–H and O–H groups in total. The standard InChI is InChI=1S/C40H44N4O3.ClH/c41-30-35-19-17-33(18-20-35)29-34-21-25-43(26-22-34)24-10-23-40(37-13-6-2-7-14-37,38-15-8-3-9-16-38)32-42-44(27-28-45)39(46)47-31-36-11-4-1-5-12-36;/h1-9,11-20,28,34,42H,10,21-27,29,31-32H2;1H. The Morgan fingerprint density at radius 3 is 2.02 bits per heavy atom. The molecule has 1 aliphatic heterocycles. The fourth-order valence-corrected chi connectivity index (χ4v) is 6.64. The van der Waals surface area contributed by atoms with E-state index in [0.717, 1.165) is 68.4 Å². The predicted molar refractivity (Wildman–Crippen MR) is 192 cm³/mol. The number of aldehydes is 1. The summed E-state index contributed by atoms with van der Waals surface area (Å²) in [5.74, 6) is 0.654. The molecule has 1 amide bonds. The fraction of sp³-hybridized carbons (Fsp3) is 0.325. The van der Waals surface area contributed by atoms with Crippen molar-refractivity contribution >= 4 is 24.8 Å². The molecule has 1 saturated heterocycles. The van der Waals surface area contributed by atoms with Gasteiger partial charge in [0.25, 0.3) is 0 Å². The lowest BCUT2D eigenvalue weighted by Gasteiger charge is -2.38. The molecule has 4 aromatic rings. The SMILES string of the molecule is Cl.N#Cc1ccc(CC2CCN(CCCC(CNN(CC=O)C(=O)OCc3ccccc3)(c3ccccc3)c3ccccc3)CC2)cc1. The topological polar surface area (TPSA) is 85.7 Å². The van der Waals surface area contributed by atoms with Crippen LogP contribution in [0.1, 0.15) is 53.5 Å². The van der Waals surface area contributed by atoms with Crippen molar-refractivity contribution in [3.8, 4) is 6.07 Å². The van der Waals surface area contributed by atoms with Crippen LogP contribution in [-0.4, -0.2) is 55.0 Å².